The van der Waals surface area contributed by atoms with Crippen molar-refractivity contribution < 1.29 is 14.2 Å². The van der Waals surface area contributed by atoms with Crippen LogP contribution in [0.4, 0.5) is 11.6 Å². The molecule has 4 aromatic rings. The Balaban J connectivity index is 1.37. The summed E-state index contributed by atoms with van der Waals surface area (Å²) in [6.45, 7) is 5.26. The molecule has 0 radical (unpaired) electrons. The maximum atomic E-state index is 10.1. The van der Waals surface area contributed by atoms with E-state index in [1.54, 1.807) is 13.3 Å². The molecule has 1 fully saturated rings. The Hall–Kier alpha value is -3.78. The lowest BCUT2D eigenvalue weighted by Crippen LogP contribution is -2.22. The fourth-order valence-electron chi connectivity index (χ4n) is 4.42. The highest BCUT2D eigenvalue weighted by Gasteiger charge is 2.23. The van der Waals surface area contributed by atoms with Crippen molar-refractivity contribution in [1.82, 2.24) is 14.9 Å². The van der Waals surface area contributed by atoms with Crippen molar-refractivity contribution in [1.29, 1.82) is 5.26 Å². The molecule has 3 heterocycles. The summed E-state index contributed by atoms with van der Waals surface area (Å²) in [6.07, 6.45) is 2.71. The summed E-state index contributed by atoms with van der Waals surface area (Å²) < 4.78 is 17.3. The van der Waals surface area contributed by atoms with E-state index in [9.17, 15) is 5.26 Å². The smallest absolute Gasteiger partial charge is 0.227 e. The standard InChI is InChI=1S/C30H31N5O3S2/c1-3-37-29-25(19-31)27(21-7-4-9-23(17-21)36-2)28(40-29)26-11-12-32-30(34-26)33-22-8-5-10-24(18-22)38-15-6-13-35-14-16-39-20-35/h4-5,7-12,17-18H,3,6,13-16,20H2,1-2H3,(H,32,33,34). The van der Waals surface area contributed by atoms with Gasteiger partial charge in [0.2, 0.25) is 5.95 Å². The van der Waals surface area contributed by atoms with Crippen LogP contribution >= 0.6 is 23.1 Å². The molecular formula is C30H31N5O3S2. The number of thiophene rings is 1. The van der Waals surface area contributed by atoms with Crippen molar-refractivity contribution in [2.75, 3.05) is 50.4 Å². The average Bonchev–Trinajstić information content (AvgIpc) is 3.64. The third-order valence-electron chi connectivity index (χ3n) is 6.31. The molecule has 10 heteroatoms. The quantitative estimate of drug-likeness (QED) is 0.187. The van der Waals surface area contributed by atoms with Gasteiger partial charge in [-0.15, -0.1) is 11.8 Å². The Morgan fingerprint density at radius 3 is 2.77 bits per heavy atom. The molecule has 0 unspecified atom stereocenters. The van der Waals surface area contributed by atoms with Crippen molar-refractivity contribution in [2.24, 2.45) is 0 Å². The van der Waals surface area contributed by atoms with Gasteiger partial charge in [-0.25, -0.2) is 9.97 Å². The van der Waals surface area contributed by atoms with Crippen molar-refractivity contribution in [3.05, 3.63) is 66.4 Å². The summed E-state index contributed by atoms with van der Waals surface area (Å²) in [5.41, 5.74) is 3.63. The van der Waals surface area contributed by atoms with E-state index in [-0.39, 0.29) is 0 Å². The minimum absolute atomic E-state index is 0.447. The van der Waals surface area contributed by atoms with Crippen molar-refractivity contribution >= 4 is 34.7 Å². The molecule has 2 aromatic carbocycles. The van der Waals surface area contributed by atoms with E-state index in [0.29, 0.717) is 41.2 Å². The van der Waals surface area contributed by atoms with Gasteiger partial charge in [0.05, 0.1) is 30.9 Å². The van der Waals surface area contributed by atoms with Crippen molar-refractivity contribution in [3.63, 3.8) is 0 Å². The Morgan fingerprint density at radius 1 is 1.10 bits per heavy atom. The number of thioether (sulfide) groups is 1. The second-order valence-corrected chi connectivity index (χ2v) is 11.1. The molecule has 2 aromatic heterocycles. The van der Waals surface area contributed by atoms with E-state index < -0.39 is 0 Å². The van der Waals surface area contributed by atoms with Crippen LogP contribution in [0.5, 0.6) is 16.6 Å². The zero-order chi connectivity index (χ0) is 27.7. The highest BCUT2D eigenvalue weighted by Crippen LogP contribution is 2.47. The normalized spacial score (nSPS) is 13.1. The van der Waals surface area contributed by atoms with Gasteiger partial charge in [0.25, 0.3) is 0 Å². The van der Waals surface area contributed by atoms with Gasteiger partial charge in [0.1, 0.15) is 23.1 Å². The molecule has 0 aliphatic carbocycles. The number of nitrogens with zero attached hydrogens (tertiary/aromatic N) is 4. The highest BCUT2D eigenvalue weighted by molar-refractivity contribution is 7.99. The molecule has 1 saturated heterocycles. The predicted molar refractivity (Wildman–Crippen MR) is 162 cm³/mol. The molecule has 1 aliphatic rings. The lowest BCUT2D eigenvalue weighted by Gasteiger charge is -2.14. The second-order valence-electron chi connectivity index (χ2n) is 9.02. The molecule has 40 heavy (non-hydrogen) atoms. The number of nitrogens with one attached hydrogen (secondary N) is 1. The summed E-state index contributed by atoms with van der Waals surface area (Å²) in [5.74, 6) is 4.30. The van der Waals surface area contributed by atoms with E-state index in [1.807, 2.05) is 73.3 Å². The third-order valence-corrected chi connectivity index (χ3v) is 8.46. The van der Waals surface area contributed by atoms with Gasteiger partial charge < -0.3 is 19.5 Å². The van der Waals surface area contributed by atoms with Crippen molar-refractivity contribution in [3.8, 4) is 44.3 Å². The van der Waals surface area contributed by atoms with Crippen LogP contribution in [0, 0.1) is 11.3 Å². The Bertz CT molecular complexity index is 1480. The lowest BCUT2D eigenvalue weighted by atomic mass is 10.0. The molecule has 0 atom stereocenters. The predicted octanol–water partition coefficient (Wildman–Crippen LogP) is 6.67. The fourth-order valence-corrected chi connectivity index (χ4v) is 6.61. The molecule has 0 bridgehead atoms. The summed E-state index contributed by atoms with van der Waals surface area (Å²) in [6, 6.07) is 19.7. The second kappa shape index (κ2) is 13.5. The SMILES string of the molecule is CCOc1sc(-c2ccnc(Nc3cccc(OCCCN4CCSC4)c3)n2)c(-c2cccc(OC)c2)c1C#N. The van der Waals surface area contributed by atoms with Crippen LogP contribution in [0.15, 0.2) is 60.8 Å². The van der Waals surface area contributed by atoms with Gasteiger partial charge in [0.15, 0.2) is 5.06 Å². The van der Waals surface area contributed by atoms with Crippen LogP contribution in [-0.4, -0.2) is 59.9 Å². The molecule has 0 spiro atoms. The van der Waals surface area contributed by atoms with E-state index in [0.717, 1.165) is 46.3 Å². The molecule has 206 valence electrons. The van der Waals surface area contributed by atoms with Gasteiger partial charge in [-0.2, -0.15) is 5.26 Å². The topological polar surface area (TPSA) is 92.5 Å². The van der Waals surface area contributed by atoms with Gasteiger partial charge in [0, 0.05) is 48.2 Å². The molecule has 1 N–H and O–H groups in total. The van der Waals surface area contributed by atoms with Crippen LogP contribution < -0.4 is 19.5 Å². The lowest BCUT2D eigenvalue weighted by molar-refractivity contribution is 0.269. The molecular weight excluding hydrogens is 542 g/mol. The molecule has 5 rings (SSSR count). The van der Waals surface area contributed by atoms with Crippen LogP contribution in [0.3, 0.4) is 0 Å². The number of ether oxygens (including phenoxy) is 3. The van der Waals surface area contributed by atoms with Crippen LogP contribution in [0.1, 0.15) is 18.9 Å². The van der Waals surface area contributed by atoms with Gasteiger partial charge in [-0.3, -0.25) is 4.90 Å². The van der Waals surface area contributed by atoms with Gasteiger partial charge in [-0.1, -0.05) is 29.5 Å². The largest absolute Gasteiger partial charge is 0.497 e. The van der Waals surface area contributed by atoms with Crippen LogP contribution in [0.25, 0.3) is 21.7 Å². The van der Waals surface area contributed by atoms with Gasteiger partial charge >= 0.3 is 0 Å². The Kier molecular flexibility index (Phi) is 9.39. The first-order valence-corrected chi connectivity index (χ1v) is 15.1. The fraction of sp³-hybridized carbons (Fsp3) is 0.300. The number of benzene rings is 2. The van der Waals surface area contributed by atoms with E-state index >= 15 is 0 Å². The minimum atomic E-state index is 0.447. The number of rotatable bonds is 12. The van der Waals surface area contributed by atoms with Crippen molar-refractivity contribution in [2.45, 2.75) is 13.3 Å². The Morgan fingerprint density at radius 2 is 1.98 bits per heavy atom. The maximum Gasteiger partial charge on any atom is 0.227 e. The van der Waals surface area contributed by atoms with Gasteiger partial charge in [-0.05, 0) is 49.2 Å². The average molecular weight is 574 g/mol. The first-order valence-electron chi connectivity index (χ1n) is 13.2. The molecule has 0 amide bonds. The molecule has 0 saturated carbocycles. The van der Waals surface area contributed by atoms with E-state index in [4.69, 9.17) is 19.2 Å². The monoisotopic (exact) mass is 573 g/mol. The minimum Gasteiger partial charge on any atom is -0.497 e. The van der Waals surface area contributed by atoms with Crippen LogP contribution in [0.2, 0.25) is 0 Å². The molecule has 8 nitrogen and oxygen atoms in total. The summed E-state index contributed by atoms with van der Waals surface area (Å²) >= 11 is 3.39. The number of aromatic nitrogens is 2. The Labute approximate surface area is 242 Å². The summed E-state index contributed by atoms with van der Waals surface area (Å²) in [5, 5.41) is 13.9. The number of hydrogen-bond acceptors (Lipinski definition) is 10. The summed E-state index contributed by atoms with van der Waals surface area (Å²) in [7, 11) is 1.63. The zero-order valence-corrected chi connectivity index (χ0v) is 24.2. The van der Waals surface area contributed by atoms with E-state index in [2.05, 4.69) is 21.3 Å². The third kappa shape index (κ3) is 6.67. The number of methoxy groups -OCH3 is 1. The zero-order valence-electron chi connectivity index (χ0n) is 22.6. The first kappa shape index (κ1) is 27.8. The number of anilines is 2. The van der Waals surface area contributed by atoms with E-state index in [1.165, 1.54) is 23.6 Å². The maximum absolute atomic E-state index is 10.1. The number of hydrogen-bond donors (Lipinski definition) is 1. The van der Waals surface area contributed by atoms with Crippen LogP contribution in [-0.2, 0) is 0 Å². The summed E-state index contributed by atoms with van der Waals surface area (Å²) in [4.78, 5) is 12.5. The first-order chi connectivity index (χ1) is 19.7. The number of nitriles is 1. The highest BCUT2D eigenvalue weighted by atomic mass is 32.2. The molecule has 1 aliphatic heterocycles.